The molecule has 0 spiro atoms. The number of carbonyl (C=O) groups is 2. The van der Waals surface area contributed by atoms with Crippen molar-refractivity contribution in [1.82, 2.24) is 4.57 Å². The van der Waals surface area contributed by atoms with Gasteiger partial charge in [0, 0.05) is 45.4 Å². The molecule has 30 heavy (non-hydrogen) atoms. The van der Waals surface area contributed by atoms with E-state index in [1.165, 1.54) is 12.1 Å². The quantitative estimate of drug-likeness (QED) is 0.306. The predicted molar refractivity (Wildman–Crippen MR) is 116 cm³/mol. The van der Waals surface area contributed by atoms with Crippen LogP contribution in [0.4, 0.5) is 4.39 Å². The van der Waals surface area contributed by atoms with Crippen LogP contribution in [0.15, 0.2) is 78.5 Å². The van der Waals surface area contributed by atoms with E-state index in [4.69, 9.17) is 11.6 Å². The number of ketones is 2. The van der Waals surface area contributed by atoms with Crippen LogP contribution in [0.2, 0.25) is 5.02 Å². The zero-order valence-electron chi connectivity index (χ0n) is 15.7. The molecule has 0 saturated carbocycles. The van der Waals surface area contributed by atoms with Crippen LogP contribution < -0.4 is 0 Å². The first-order valence-corrected chi connectivity index (χ1v) is 9.82. The number of hydrogen-bond acceptors (Lipinski definition) is 2. The van der Waals surface area contributed by atoms with Gasteiger partial charge in [-0.1, -0.05) is 60.1 Å². The number of Topliss-reactive ketones (excluding diaryl/α,β-unsaturated/α-hetero) is 2. The molecule has 1 aromatic heterocycles. The molecule has 0 unspecified atom stereocenters. The van der Waals surface area contributed by atoms with Crippen molar-refractivity contribution in [2.45, 2.75) is 6.54 Å². The second-order valence-electron chi connectivity index (χ2n) is 7.23. The number of rotatable bonds is 3. The maximum atomic E-state index is 13.4. The number of aromatic nitrogens is 1. The Morgan fingerprint density at radius 3 is 2.27 bits per heavy atom. The van der Waals surface area contributed by atoms with E-state index in [0.29, 0.717) is 22.7 Å². The lowest BCUT2D eigenvalue weighted by Gasteiger charge is -2.07. The summed E-state index contributed by atoms with van der Waals surface area (Å²) < 4.78 is 15.4. The molecule has 1 aliphatic rings. The van der Waals surface area contributed by atoms with Gasteiger partial charge in [-0.05, 0) is 29.8 Å². The highest BCUT2D eigenvalue weighted by Gasteiger charge is 2.32. The van der Waals surface area contributed by atoms with Crippen molar-refractivity contribution < 1.29 is 14.0 Å². The minimum atomic E-state index is -0.385. The van der Waals surface area contributed by atoms with Gasteiger partial charge in [-0.15, -0.1) is 0 Å². The van der Waals surface area contributed by atoms with Gasteiger partial charge in [0.2, 0.25) is 0 Å². The molecule has 0 amide bonds. The van der Waals surface area contributed by atoms with Crippen LogP contribution in [0.25, 0.3) is 17.0 Å². The zero-order chi connectivity index (χ0) is 20.8. The molecule has 0 atom stereocenters. The minimum Gasteiger partial charge on any atom is -0.342 e. The monoisotopic (exact) mass is 415 g/mol. The number of fused-ring (bicyclic) bond motifs is 2. The highest BCUT2D eigenvalue weighted by Crippen LogP contribution is 2.31. The first-order valence-electron chi connectivity index (χ1n) is 9.45. The fraction of sp³-hybridized carbons (Fsp3) is 0.0400. The molecule has 0 radical (unpaired) electrons. The maximum Gasteiger partial charge on any atom is 0.197 e. The highest BCUT2D eigenvalue weighted by molar-refractivity contribution is 6.41. The Hall–Kier alpha value is -3.50. The molecule has 0 saturated heterocycles. The van der Waals surface area contributed by atoms with Crippen LogP contribution in [-0.2, 0) is 6.54 Å². The van der Waals surface area contributed by atoms with Gasteiger partial charge >= 0.3 is 0 Å². The van der Waals surface area contributed by atoms with E-state index in [1.807, 2.05) is 35.0 Å². The fourth-order valence-corrected chi connectivity index (χ4v) is 4.14. The molecule has 4 aromatic rings. The molecular weight excluding hydrogens is 401 g/mol. The molecule has 0 N–H and O–H groups in total. The van der Waals surface area contributed by atoms with Crippen LogP contribution in [0.3, 0.4) is 0 Å². The Labute approximate surface area is 177 Å². The van der Waals surface area contributed by atoms with Gasteiger partial charge in [0.1, 0.15) is 5.82 Å². The molecule has 3 nitrogen and oxygen atoms in total. The number of nitrogens with zero attached hydrogens (tertiary/aromatic N) is 1. The minimum absolute atomic E-state index is 0.166. The summed E-state index contributed by atoms with van der Waals surface area (Å²) in [6.07, 6.45) is 3.55. The molecule has 1 aliphatic carbocycles. The molecule has 3 aromatic carbocycles. The zero-order valence-corrected chi connectivity index (χ0v) is 16.5. The number of allylic oxidation sites excluding steroid dienone is 1. The topological polar surface area (TPSA) is 39.1 Å². The van der Waals surface area contributed by atoms with Crippen molar-refractivity contribution in [2.24, 2.45) is 0 Å². The molecule has 0 fully saturated rings. The average molecular weight is 416 g/mol. The van der Waals surface area contributed by atoms with E-state index in [0.717, 1.165) is 22.0 Å². The van der Waals surface area contributed by atoms with Gasteiger partial charge in [-0.3, -0.25) is 9.59 Å². The molecule has 1 heterocycles. The number of para-hydroxylation sites is 1. The van der Waals surface area contributed by atoms with E-state index in [2.05, 4.69) is 0 Å². The number of hydrogen-bond donors (Lipinski definition) is 0. The second-order valence-corrected chi connectivity index (χ2v) is 7.63. The molecule has 146 valence electrons. The summed E-state index contributed by atoms with van der Waals surface area (Å²) >= 11 is 6.21. The van der Waals surface area contributed by atoms with Gasteiger partial charge in [-0.2, -0.15) is 0 Å². The smallest absolute Gasteiger partial charge is 0.197 e. The van der Waals surface area contributed by atoms with Crippen molar-refractivity contribution in [3.63, 3.8) is 0 Å². The summed E-state index contributed by atoms with van der Waals surface area (Å²) in [6, 6.07) is 18.9. The van der Waals surface area contributed by atoms with Crippen LogP contribution in [-0.4, -0.2) is 16.1 Å². The Morgan fingerprint density at radius 2 is 1.57 bits per heavy atom. The standard InChI is InChI=1S/C25H15ClFNO2/c26-22-12-17(27)10-9-15(22)13-28-14-16(18-5-3-4-8-23(18)28)11-21-24(29)19-6-1-2-7-20(19)25(21)30/h1-12,14H,13H2. The van der Waals surface area contributed by atoms with E-state index >= 15 is 0 Å². The maximum absolute atomic E-state index is 13.4. The third-order valence-corrected chi connectivity index (χ3v) is 5.73. The summed E-state index contributed by atoms with van der Waals surface area (Å²) in [7, 11) is 0. The Balaban J connectivity index is 1.61. The second kappa shape index (κ2) is 7.08. The van der Waals surface area contributed by atoms with Crippen molar-refractivity contribution >= 4 is 40.1 Å². The summed E-state index contributed by atoms with van der Waals surface area (Å²) in [5, 5.41) is 1.27. The summed E-state index contributed by atoms with van der Waals surface area (Å²) in [4.78, 5) is 25.5. The SMILES string of the molecule is O=C1C(=Cc2cn(Cc3ccc(F)cc3Cl)c3ccccc23)C(=O)c2ccccc21. The first kappa shape index (κ1) is 18.5. The average Bonchev–Trinajstić information content (AvgIpc) is 3.21. The van der Waals surface area contributed by atoms with E-state index in [1.54, 1.807) is 36.4 Å². The Morgan fingerprint density at radius 1 is 0.900 bits per heavy atom. The third-order valence-electron chi connectivity index (χ3n) is 5.38. The van der Waals surface area contributed by atoms with Gasteiger partial charge in [0.05, 0.1) is 5.57 Å². The Kier molecular flexibility index (Phi) is 4.37. The Bertz CT molecular complexity index is 1350. The van der Waals surface area contributed by atoms with Crippen LogP contribution in [0.5, 0.6) is 0 Å². The summed E-state index contributed by atoms with van der Waals surface area (Å²) in [5.74, 6) is -0.896. The first-order chi connectivity index (χ1) is 14.5. The highest BCUT2D eigenvalue weighted by atomic mass is 35.5. The van der Waals surface area contributed by atoms with E-state index in [9.17, 15) is 14.0 Å². The van der Waals surface area contributed by atoms with E-state index in [-0.39, 0.29) is 23.0 Å². The number of benzene rings is 3. The third kappa shape index (κ3) is 2.97. The molecular formula is C25H15ClFNO2. The lowest BCUT2D eigenvalue weighted by atomic mass is 10.1. The van der Waals surface area contributed by atoms with Crippen molar-refractivity contribution in [3.8, 4) is 0 Å². The lowest BCUT2D eigenvalue weighted by molar-refractivity contribution is 0.0990. The van der Waals surface area contributed by atoms with Crippen LogP contribution in [0, 0.1) is 5.82 Å². The number of carbonyl (C=O) groups excluding carboxylic acids is 2. The molecule has 0 aliphatic heterocycles. The normalized spacial score (nSPS) is 13.2. The summed E-state index contributed by atoms with van der Waals surface area (Å²) in [6.45, 7) is 0.435. The number of halogens is 2. The van der Waals surface area contributed by atoms with Gasteiger partial charge < -0.3 is 4.57 Å². The largest absolute Gasteiger partial charge is 0.342 e. The van der Waals surface area contributed by atoms with Crippen molar-refractivity contribution in [1.29, 1.82) is 0 Å². The van der Waals surface area contributed by atoms with E-state index < -0.39 is 0 Å². The van der Waals surface area contributed by atoms with Gasteiger partial charge in [0.15, 0.2) is 11.6 Å². The predicted octanol–water partition coefficient (Wildman–Crippen LogP) is 5.94. The van der Waals surface area contributed by atoms with Crippen molar-refractivity contribution in [3.05, 3.63) is 112 Å². The van der Waals surface area contributed by atoms with Gasteiger partial charge in [-0.25, -0.2) is 4.39 Å². The molecule has 5 heteroatoms. The van der Waals surface area contributed by atoms with Crippen LogP contribution in [0.1, 0.15) is 31.8 Å². The fourth-order valence-electron chi connectivity index (χ4n) is 3.91. The summed E-state index contributed by atoms with van der Waals surface area (Å²) in [5.41, 5.74) is 3.53. The lowest BCUT2D eigenvalue weighted by Crippen LogP contribution is -2.00. The molecule has 0 bridgehead atoms. The molecule has 5 rings (SSSR count). The van der Waals surface area contributed by atoms with Crippen molar-refractivity contribution in [2.75, 3.05) is 0 Å². The van der Waals surface area contributed by atoms with Crippen LogP contribution >= 0.6 is 11.6 Å². The van der Waals surface area contributed by atoms with Gasteiger partial charge in [0.25, 0.3) is 0 Å².